The van der Waals surface area contributed by atoms with Gasteiger partial charge < -0.3 is 32.5 Å². The smallest absolute Gasteiger partial charge is 0.255 e. The zero-order chi connectivity index (χ0) is 34.6. The summed E-state index contributed by atoms with van der Waals surface area (Å²) in [5, 5.41) is 46.8. The van der Waals surface area contributed by atoms with Crippen molar-refractivity contribution in [2.45, 2.75) is 56.1 Å². The Morgan fingerprint density at radius 3 is 2.36 bits per heavy atom. The summed E-state index contributed by atoms with van der Waals surface area (Å²) in [5.74, 6) is -5.67. The van der Waals surface area contributed by atoms with E-state index in [1.165, 1.54) is 19.0 Å². The fraction of sp³-hybridized carbons (Fsp3) is 0.343. The van der Waals surface area contributed by atoms with E-state index in [1.807, 2.05) is 63.2 Å². The molecule has 1 amide bonds. The lowest BCUT2D eigenvalue weighted by molar-refractivity contribution is -0.139. The summed E-state index contributed by atoms with van der Waals surface area (Å²) in [6.45, 7) is 5.64. The minimum Gasteiger partial charge on any atom is -0.509 e. The van der Waals surface area contributed by atoms with Crippen LogP contribution in [0, 0.1) is 16.7 Å². The summed E-state index contributed by atoms with van der Waals surface area (Å²) in [6, 6.07) is 11.6. The highest BCUT2D eigenvalue weighted by molar-refractivity contribution is 6.25. The van der Waals surface area contributed by atoms with Crippen LogP contribution in [0.5, 0.6) is 5.75 Å². The Kier molecular flexibility index (Phi) is 6.75. The fourth-order valence-electron chi connectivity index (χ4n) is 7.95. The van der Waals surface area contributed by atoms with Crippen LogP contribution in [-0.4, -0.2) is 73.9 Å². The number of fused-ring (bicyclic) bond motifs is 4. The quantitative estimate of drug-likeness (QED) is 0.229. The third kappa shape index (κ3) is 4.03. The minimum absolute atomic E-state index is 0.0581. The summed E-state index contributed by atoms with van der Waals surface area (Å²) in [6.07, 6.45) is 1.06. The lowest BCUT2D eigenvalue weighted by Crippen LogP contribution is -2.80. The Morgan fingerprint density at radius 1 is 1.11 bits per heavy atom. The van der Waals surface area contributed by atoms with E-state index in [-0.39, 0.29) is 17.7 Å². The van der Waals surface area contributed by atoms with Gasteiger partial charge in [0.05, 0.1) is 39.8 Å². The Hall–Kier alpha value is -5.09. The molecule has 6 rings (SSSR count). The molecule has 12 nitrogen and oxygen atoms in total. The predicted molar refractivity (Wildman–Crippen MR) is 174 cm³/mol. The number of pyridine rings is 1. The number of hydrogen-bond acceptors (Lipinski definition) is 11. The van der Waals surface area contributed by atoms with E-state index >= 15 is 0 Å². The van der Waals surface area contributed by atoms with E-state index in [9.17, 15) is 35.0 Å². The molecule has 3 aliphatic rings. The third-order valence-corrected chi connectivity index (χ3v) is 9.96. The van der Waals surface area contributed by atoms with Crippen molar-refractivity contribution in [1.82, 2.24) is 9.88 Å². The maximum absolute atomic E-state index is 14.8. The summed E-state index contributed by atoms with van der Waals surface area (Å²) in [7, 11) is 2.95. The van der Waals surface area contributed by atoms with Gasteiger partial charge >= 0.3 is 0 Å². The van der Waals surface area contributed by atoms with Gasteiger partial charge in [0.25, 0.3) is 5.91 Å². The van der Waals surface area contributed by atoms with Crippen LogP contribution < -0.4 is 17.2 Å². The second-order valence-electron chi connectivity index (χ2n) is 14.1. The van der Waals surface area contributed by atoms with E-state index in [4.69, 9.17) is 17.2 Å². The van der Waals surface area contributed by atoms with Gasteiger partial charge in [-0.3, -0.25) is 24.3 Å². The second kappa shape index (κ2) is 9.95. The highest BCUT2D eigenvalue weighted by Crippen LogP contribution is 2.59. The van der Waals surface area contributed by atoms with Crippen molar-refractivity contribution in [2.24, 2.45) is 22.6 Å². The van der Waals surface area contributed by atoms with E-state index in [0.717, 1.165) is 10.9 Å². The molecule has 0 aliphatic heterocycles. The fourth-order valence-corrected chi connectivity index (χ4v) is 7.95. The van der Waals surface area contributed by atoms with Crippen LogP contribution in [0.4, 0.5) is 0 Å². The first-order chi connectivity index (χ1) is 21.9. The predicted octanol–water partition coefficient (Wildman–Crippen LogP) is 2.42. The van der Waals surface area contributed by atoms with Crippen LogP contribution in [0.15, 0.2) is 59.5 Å². The summed E-state index contributed by atoms with van der Waals surface area (Å²) in [5.41, 5.74) is 13.6. The van der Waals surface area contributed by atoms with Crippen LogP contribution in [0.1, 0.15) is 43.9 Å². The van der Waals surface area contributed by atoms with Crippen LogP contribution >= 0.6 is 0 Å². The van der Waals surface area contributed by atoms with Crippen molar-refractivity contribution < 1.29 is 29.7 Å². The standard InChI is InChI=1S/C35H36N6O6/c1-32(2,3)20-11-18(17-10-16-8-6-7-9-21(16)40-13-17)19-12-33(38)14-35(39)28(41(4)5)27(44)23(31(37)47)29(45)34(35,15-36)30(46)24(33)26(43)22(19)25(20)42/h6-11,13,28,42-43,45H,12,14,38-39H2,1-5H3,(H2,37,47)/t28-,33-,34+,35-/m1/s1. The summed E-state index contributed by atoms with van der Waals surface area (Å²) < 4.78 is 0. The molecule has 4 atom stereocenters. The number of primary amides is 1. The van der Waals surface area contributed by atoms with Gasteiger partial charge in [-0.2, -0.15) is 5.26 Å². The number of aromatic hydroxyl groups is 1. The molecule has 0 bridgehead atoms. The van der Waals surface area contributed by atoms with Gasteiger partial charge in [0.2, 0.25) is 0 Å². The zero-order valence-electron chi connectivity index (χ0n) is 26.7. The molecule has 0 radical (unpaired) electrons. The number of ketones is 2. The largest absolute Gasteiger partial charge is 0.509 e. The Bertz CT molecular complexity index is 2070. The van der Waals surface area contributed by atoms with Crippen LogP contribution in [0.25, 0.3) is 27.8 Å². The number of amides is 1. The second-order valence-corrected chi connectivity index (χ2v) is 14.1. The number of phenols is 1. The maximum Gasteiger partial charge on any atom is 0.255 e. The SMILES string of the molecule is CN(C)[C@@H]1C(=O)C(C(N)=O)=C(O)[C@@]2(C#N)C(=O)C3=C(O)c4c(O)c(C(C)(C)C)cc(-c5cnc6ccccc6c5)c4C[C@@]3(N)C[C@@]12N. The maximum atomic E-state index is 14.8. The molecule has 0 saturated heterocycles. The highest BCUT2D eigenvalue weighted by Gasteiger charge is 2.74. The Balaban J connectivity index is 1.72. The number of nitriles is 1. The number of para-hydroxylation sites is 1. The van der Waals surface area contributed by atoms with Crippen molar-refractivity contribution in [2.75, 3.05) is 14.1 Å². The van der Waals surface area contributed by atoms with Crippen LogP contribution in [0.2, 0.25) is 0 Å². The zero-order valence-corrected chi connectivity index (χ0v) is 26.7. The topological polar surface area (TPSA) is 230 Å². The van der Waals surface area contributed by atoms with Gasteiger partial charge in [-0.25, -0.2) is 0 Å². The molecule has 1 aromatic heterocycles. The van der Waals surface area contributed by atoms with Gasteiger partial charge in [0.15, 0.2) is 17.0 Å². The molecule has 1 saturated carbocycles. The van der Waals surface area contributed by atoms with E-state index < -0.39 is 74.5 Å². The van der Waals surface area contributed by atoms with Crippen LogP contribution in [0.3, 0.4) is 0 Å². The first-order valence-electron chi connectivity index (χ1n) is 15.0. The number of carbonyl (C=O) groups excluding carboxylic acids is 3. The molecule has 1 heterocycles. The number of likely N-dealkylation sites (N-methyl/N-ethyl adjacent to an activating group) is 1. The first-order valence-corrected chi connectivity index (χ1v) is 15.0. The number of aromatic nitrogens is 1. The van der Waals surface area contributed by atoms with E-state index in [2.05, 4.69) is 4.98 Å². The lowest BCUT2D eigenvalue weighted by atomic mass is 9.47. The van der Waals surface area contributed by atoms with Crippen molar-refractivity contribution in [3.05, 3.63) is 76.2 Å². The number of carbonyl (C=O) groups is 3. The van der Waals surface area contributed by atoms with Gasteiger partial charge in [0.1, 0.15) is 22.8 Å². The van der Waals surface area contributed by atoms with Gasteiger partial charge in [-0.05, 0) is 61.7 Å². The molecule has 3 aliphatic carbocycles. The average molecular weight is 637 g/mol. The van der Waals surface area contributed by atoms with Crippen molar-refractivity contribution in [3.63, 3.8) is 0 Å². The van der Waals surface area contributed by atoms with Crippen molar-refractivity contribution in [1.29, 1.82) is 5.26 Å². The number of Topliss-reactive ketones (excluding diaryl/α,β-unsaturated/α-hetero) is 2. The van der Waals surface area contributed by atoms with Gasteiger partial charge in [-0.15, -0.1) is 0 Å². The number of nitrogens with two attached hydrogens (primary N) is 3. The molecule has 0 spiro atoms. The molecule has 47 heavy (non-hydrogen) atoms. The molecule has 1 fully saturated rings. The lowest BCUT2D eigenvalue weighted by Gasteiger charge is -2.58. The van der Waals surface area contributed by atoms with E-state index in [1.54, 1.807) is 6.20 Å². The number of aliphatic hydroxyl groups is 2. The molecular weight excluding hydrogens is 600 g/mol. The number of phenolic OH excluding ortho intramolecular Hbond substituents is 1. The van der Waals surface area contributed by atoms with Crippen LogP contribution in [-0.2, 0) is 26.2 Å². The molecule has 3 aromatic rings. The van der Waals surface area contributed by atoms with Gasteiger partial charge in [-0.1, -0.05) is 39.0 Å². The molecule has 242 valence electrons. The number of nitrogens with zero attached hydrogens (tertiary/aromatic N) is 3. The number of aliphatic hydroxyl groups excluding tert-OH is 2. The van der Waals surface area contributed by atoms with Crippen molar-refractivity contribution in [3.8, 4) is 22.9 Å². The molecular formula is C35H36N6O6. The van der Waals surface area contributed by atoms with Crippen molar-refractivity contribution >= 4 is 34.1 Å². The Labute approximate surface area is 270 Å². The number of rotatable bonds is 3. The average Bonchev–Trinajstić information content (AvgIpc) is 2.95. The minimum atomic E-state index is -2.73. The number of hydrogen-bond donors (Lipinski definition) is 6. The molecule has 12 heteroatoms. The van der Waals surface area contributed by atoms with Gasteiger partial charge in [0, 0.05) is 22.7 Å². The molecule has 9 N–H and O–H groups in total. The number of benzene rings is 2. The third-order valence-electron chi connectivity index (χ3n) is 9.96. The van der Waals surface area contributed by atoms with E-state index in [0.29, 0.717) is 22.3 Å². The molecule has 0 unspecified atom stereocenters. The highest BCUT2D eigenvalue weighted by atomic mass is 16.3. The normalized spacial score (nSPS) is 27.4. The Morgan fingerprint density at radius 2 is 1.77 bits per heavy atom. The summed E-state index contributed by atoms with van der Waals surface area (Å²) >= 11 is 0. The molecule has 2 aromatic carbocycles. The summed E-state index contributed by atoms with van der Waals surface area (Å²) in [4.78, 5) is 46.9. The first kappa shape index (κ1) is 31.9. The monoisotopic (exact) mass is 636 g/mol.